The summed E-state index contributed by atoms with van der Waals surface area (Å²) >= 11 is 0. The van der Waals surface area contributed by atoms with E-state index in [1.807, 2.05) is 60.8 Å². The van der Waals surface area contributed by atoms with Crippen LogP contribution in [-0.2, 0) is 28.6 Å². The third-order valence-electron chi connectivity index (χ3n) is 11.9. The van der Waals surface area contributed by atoms with Gasteiger partial charge in [-0.3, -0.25) is 14.4 Å². The number of carbonyl (C=O) groups is 3. The van der Waals surface area contributed by atoms with E-state index >= 15 is 0 Å². The molecule has 0 aromatic carbocycles. The molecular formula is C63H104O6. The van der Waals surface area contributed by atoms with Crippen molar-refractivity contribution in [2.75, 3.05) is 13.2 Å². The van der Waals surface area contributed by atoms with Crippen LogP contribution in [0.1, 0.15) is 252 Å². The van der Waals surface area contributed by atoms with E-state index in [1.165, 1.54) is 109 Å². The van der Waals surface area contributed by atoms with Crippen LogP contribution in [0.5, 0.6) is 0 Å². The zero-order valence-electron chi connectivity index (χ0n) is 44.8. The Bertz CT molecular complexity index is 1420. The van der Waals surface area contributed by atoms with Gasteiger partial charge in [-0.05, 0) is 89.9 Å². The zero-order valence-corrected chi connectivity index (χ0v) is 44.8. The molecule has 0 aliphatic rings. The van der Waals surface area contributed by atoms with Crippen molar-refractivity contribution in [2.45, 2.75) is 258 Å². The van der Waals surface area contributed by atoms with E-state index in [1.54, 1.807) is 0 Å². The largest absolute Gasteiger partial charge is 0.462 e. The number of allylic oxidation sites excluding steroid dienone is 18. The predicted octanol–water partition coefficient (Wildman–Crippen LogP) is 19.1. The summed E-state index contributed by atoms with van der Waals surface area (Å²) < 4.78 is 16.8. The van der Waals surface area contributed by atoms with Crippen LogP contribution in [0.4, 0.5) is 0 Å². The summed E-state index contributed by atoms with van der Waals surface area (Å²) in [5, 5.41) is 0. The molecule has 0 aromatic rings. The molecule has 6 heteroatoms. The molecule has 0 fully saturated rings. The van der Waals surface area contributed by atoms with Crippen LogP contribution in [0.3, 0.4) is 0 Å². The molecule has 0 saturated carbocycles. The molecule has 0 rings (SSSR count). The van der Waals surface area contributed by atoms with Gasteiger partial charge >= 0.3 is 17.9 Å². The normalized spacial score (nSPS) is 12.9. The van der Waals surface area contributed by atoms with Crippen LogP contribution in [0, 0.1) is 0 Å². The first-order chi connectivity index (χ1) is 34.0. The molecule has 0 aromatic heterocycles. The number of hydrogen-bond acceptors (Lipinski definition) is 6. The van der Waals surface area contributed by atoms with Crippen molar-refractivity contribution in [2.24, 2.45) is 0 Å². The number of hydrogen-bond donors (Lipinski definition) is 0. The quantitative estimate of drug-likeness (QED) is 0.0199. The lowest BCUT2D eigenvalue weighted by Gasteiger charge is -2.18. The Balaban J connectivity index is 4.53. The maximum atomic E-state index is 12.8. The summed E-state index contributed by atoms with van der Waals surface area (Å²) in [6, 6.07) is 0. The Morgan fingerprint density at radius 2 is 0.580 bits per heavy atom. The van der Waals surface area contributed by atoms with Crippen LogP contribution < -0.4 is 0 Å². The van der Waals surface area contributed by atoms with Gasteiger partial charge in [0.05, 0.1) is 0 Å². The van der Waals surface area contributed by atoms with Gasteiger partial charge in [0.25, 0.3) is 0 Å². The minimum atomic E-state index is -0.814. The van der Waals surface area contributed by atoms with Gasteiger partial charge in [0.2, 0.25) is 0 Å². The lowest BCUT2D eigenvalue weighted by atomic mass is 10.1. The maximum Gasteiger partial charge on any atom is 0.306 e. The molecule has 0 aliphatic heterocycles. The van der Waals surface area contributed by atoms with Crippen molar-refractivity contribution in [1.82, 2.24) is 0 Å². The highest BCUT2D eigenvalue weighted by atomic mass is 16.6. The lowest BCUT2D eigenvalue weighted by Crippen LogP contribution is -2.30. The van der Waals surface area contributed by atoms with Gasteiger partial charge < -0.3 is 14.2 Å². The standard InChI is InChI=1S/C63H104O6/c1-4-7-10-13-16-19-22-25-28-31-33-35-38-41-44-47-50-53-56-62(65)68-59-60(58-67-61(64)55-52-49-46-43-40-37-34-30-27-24-21-18-15-12-9-6-3)69-63(66)57-54-51-48-45-42-39-36-32-29-26-23-20-17-14-11-8-5-2/h8,11,14,17,20,23,26,28-36,39,42,60H,4-7,9-10,12-13,15-16,18-19,21-22,24-25,27,37-38,40-41,43-59H2,1-3H3/b11-8-,17-14-,23-20-,29-26-,31-28-,34-30-,35-33-,36-32+,42-39-. The van der Waals surface area contributed by atoms with E-state index in [0.29, 0.717) is 19.3 Å². The third-order valence-corrected chi connectivity index (χ3v) is 11.9. The predicted molar refractivity (Wildman–Crippen MR) is 297 cm³/mol. The Kier molecular flexibility index (Phi) is 53.4. The second kappa shape index (κ2) is 56.7. The number of unbranched alkanes of at least 4 members (excludes halogenated alkanes) is 27. The average molecular weight is 958 g/mol. The number of esters is 3. The average Bonchev–Trinajstić information content (AvgIpc) is 3.35. The highest BCUT2D eigenvalue weighted by Gasteiger charge is 2.19. The first-order valence-electron chi connectivity index (χ1n) is 28.5. The molecule has 0 amide bonds. The van der Waals surface area contributed by atoms with E-state index in [2.05, 4.69) is 69.4 Å². The minimum absolute atomic E-state index is 0.107. The van der Waals surface area contributed by atoms with Crippen molar-refractivity contribution in [3.63, 3.8) is 0 Å². The molecule has 0 aliphatic carbocycles. The van der Waals surface area contributed by atoms with Crippen LogP contribution in [0.25, 0.3) is 0 Å². The van der Waals surface area contributed by atoms with Crippen LogP contribution in [0.15, 0.2) is 109 Å². The topological polar surface area (TPSA) is 78.9 Å². The van der Waals surface area contributed by atoms with Gasteiger partial charge in [-0.25, -0.2) is 0 Å². The molecule has 6 nitrogen and oxygen atoms in total. The monoisotopic (exact) mass is 957 g/mol. The second-order valence-corrected chi connectivity index (χ2v) is 18.6. The van der Waals surface area contributed by atoms with Crippen molar-refractivity contribution in [3.8, 4) is 0 Å². The van der Waals surface area contributed by atoms with Crippen molar-refractivity contribution in [3.05, 3.63) is 109 Å². The Morgan fingerprint density at radius 1 is 0.304 bits per heavy atom. The molecule has 0 heterocycles. The van der Waals surface area contributed by atoms with Crippen molar-refractivity contribution in [1.29, 1.82) is 0 Å². The van der Waals surface area contributed by atoms with Gasteiger partial charge in [-0.2, -0.15) is 0 Å². The molecule has 0 bridgehead atoms. The highest BCUT2D eigenvalue weighted by molar-refractivity contribution is 5.71. The summed E-state index contributed by atoms with van der Waals surface area (Å²) in [5.41, 5.74) is 0. The molecule has 0 spiro atoms. The molecule has 0 N–H and O–H groups in total. The second-order valence-electron chi connectivity index (χ2n) is 18.6. The Morgan fingerprint density at radius 3 is 0.957 bits per heavy atom. The summed E-state index contributed by atoms with van der Waals surface area (Å²) in [6.07, 6.45) is 76.4. The number of rotatable bonds is 50. The molecule has 392 valence electrons. The van der Waals surface area contributed by atoms with E-state index in [0.717, 1.165) is 96.3 Å². The van der Waals surface area contributed by atoms with E-state index < -0.39 is 6.10 Å². The molecule has 1 atom stereocenters. The highest BCUT2D eigenvalue weighted by Crippen LogP contribution is 2.14. The first-order valence-corrected chi connectivity index (χ1v) is 28.5. The van der Waals surface area contributed by atoms with Gasteiger partial charge in [0.1, 0.15) is 13.2 Å². The maximum absolute atomic E-state index is 12.8. The number of ether oxygens (including phenoxy) is 3. The van der Waals surface area contributed by atoms with E-state index in [-0.39, 0.29) is 37.5 Å². The molecule has 1 unspecified atom stereocenters. The van der Waals surface area contributed by atoms with Crippen LogP contribution in [0.2, 0.25) is 0 Å². The Hall–Kier alpha value is -3.93. The minimum Gasteiger partial charge on any atom is -0.462 e. The van der Waals surface area contributed by atoms with Crippen LogP contribution >= 0.6 is 0 Å². The summed E-state index contributed by atoms with van der Waals surface area (Å²) in [5.74, 6) is -0.974. The molecule has 0 radical (unpaired) electrons. The van der Waals surface area contributed by atoms with Gasteiger partial charge in [0, 0.05) is 19.3 Å². The van der Waals surface area contributed by atoms with E-state index in [4.69, 9.17) is 14.2 Å². The number of carbonyl (C=O) groups excluding carboxylic acids is 3. The fourth-order valence-electron chi connectivity index (χ4n) is 7.64. The molecule has 0 saturated heterocycles. The van der Waals surface area contributed by atoms with Crippen molar-refractivity contribution < 1.29 is 28.6 Å². The zero-order chi connectivity index (χ0) is 50.0. The van der Waals surface area contributed by atoms with Crippen molar-refractivity contribution >= 4 is 17.9 Å². The Labute approximate surface area is 425 Å². The van der Waals surface area contributed by atoms with Gasteiger partial charge in [0.15, 0.2) is 6.10 Å². The summed E-state index contributed by atoms with van der Waals surface area (Å²) in [4.78, 5) is 38.1. The molecular weight excluding hydrogens is 853 g/mol. The van der Waals surface area contributed by atoms with Gasteiger partial charge in [-0.1, -0.05) is 252 Å². The molecule has 69 heavy (non-hydrogen) atoms. The lowest BCUT2D eigenvalue weighted by molar-refractivity contribution is -0.167. The first kappa shape index (κ1) is 65.1. The fourth-order valence-corrected chi connectivity index (χ4v) is 7.64. The van der Waals surface area contributed by atoms with E-state index in [9.17, 15) is 14.4 Å². The smallest absolute Gasteiger partial charge is 0.306 e. The van der Waals surface area contributed by atoms with Crippen LogP contribution in [-0.4, -0.2) is 37.2 Å². The van der Waals surface area contributed by atoms with Gasteiger partial charge in [-0.15, -0.1) is 0 Å². The fraction of sp³-hybridized carbons (Fsp3) is 0.667. The SMILES string of the molecule is CC\C=C/C=C\C=C/C=C\C=C\C=C/CCCCCC(=O)OC(COC(=O)CCCCCCC/C=C\C=C/CCCCCCCCC)COC(=O)CCCCCCC/C=C\CCCCCCCCC. The third kappa shape index (κ3) is 54.9. The summed E-state index contributed by atoms with van der Waals surface area (Å²) in [7, 11) is 0. The summed E-state index contributed by atoms with van der Waals surface area (Å²) in [6.45, 7) is 6.43.